The third-order valence-corrected chi connectivity index (χ3v) is 6.13. The van der Waals surface area contributed by atoms with Gasteiger partial charge in [0, 0.05) is 17.9 Å². The maximum Gasteiger partial charge on any atom is 0.223 e. The Hall–Kier alpha value is -1.25. The average molecular weight is 301 g/mol. The second kappa shape index (κ2) is 4.87. The third kappa shape index (κ3) is 2.39. The van der Waals surface area contributed by atoms with Crippen molar-refractivity contribution in [3.63, 3.8) is 0 Å². The van der Waals surface area contributed by atoms with Crippen molar-refractivity contribution >= 4 is 5.91 Å². The molecule has 3 aliphatic rings. The summed E-state index contributed by atoms with van der Waals surface area (Å²) in [4.78, 5) is 12.8. The summed E-state index contributed by atoms with van der Waals surface area (Å²) in [5, 5.41) is 3.37. The highest BCUT2D eigenvalue weighted by atomic mass is 16.3. The van der Waals surface area contributed by atoms with Gasteiger partial charge in [-0.3, -0.25) is 4.79 Å². The fraction of sp³-hybridized carbons (Fsp3) is 0.737. The summed E-state index contributed by atoms with van der Waals surface area (Å²) in [6, 6.07) is 2.25. The van der Waals surface area contributed by atoms with E-state index in [-0.39, 0.29) is 17.4 Å². The molecule has 1 N–H and O–H groups in total. The fourth-order valence-electron chi connectivity index (χ4n) is 5.16. The summed E-state index contributed by atoms with van der Waals surface area (Å²) < 4.78 is 5.88. The molecule has 1 aromatic heterocycles. The van der Waals surface area contributed by atoms with Crippen LogP contribution in [-0.2, 0) is 11.2 Å². The molecule has 1 amide bonds. The first-order chi connectivity index (χ1) is 10.4. The van der Waals surface area contributed by atoms with Crippen LogP contribution >= 0.6 is 0 Å². The predicted octanol–water partition coefficient (Wildman–Crippen LogP) is 4.15. The van der Waals surface area contributed by atoms with E-state index >= 15 is 0 Å². The van der Waals surface area contributed by atoms with Crippen molar-refractivity contribution in [2.45, 2.75) is 65.3 Å². The van der Waals surface area contributed by atoms with Crippen molar-refractivity contribution < 1.29 is 9.21 Å². The van der Waals surface area contributed by atoms with Crippen LogP contribution in [0.3, 0.4) is 0 Å². The topological polar surface area (TPSA) is 42.2 Å². The van der Waals surface area contributed by atoms with Crippen LogP contribution in [0, 0.1) is 30.1 Å². The third-order valence-electron chi connectivity index (χ3n) is 6.13. The molecule has 0 radical (unpaired) electrons. The number of carbonyl (C=O) groups is 1. The van der Waals surface area contributed by atoms with Gasteiger partial charge in [-0.25, -0.2) is 0 Å². The lowest BCUT2D eigenvalue weighted by Gasteiger charge is -2.35. The lowest BCUT2D eigenvalue weighted by atomic mass is 9.74. The van der Waals surface area contributed by atoms with Gasteiger partial charge in [0.2, 0.25) is 5.91 Å². The number of hydrogen-bond donors (Lipinski definition) is 1. The molecule has 4 atom stereocenters. The minimum absolute atomic E-state index is 0.128. The summed E-state index contributed by atoms with van der Waals surface area (Å²) in [7, 11) is 0. The van der Waals surface area contributed by atoms with E-state index in [1.165, 1.54) is 24.8 Å². The quantitative estimate of drug-likeness (QED) is 0.891. The van der Waals surface area contributed by atoms with Crippen LogP contribution in [0.1, 0.15) is 69.1 Å². The number of nitrogens with one attached hydrogen (secondary N) is 1. The number of hydrogen-bond acceptors (Lipinski definition) is 2. The molecule has 0 spiro atoms. The van der Waals surface area contributed by atoms with Gasteiger partial charge in [0.05, 0.1) is 6.04 Å². The Bertz CT molecular complexity index is 601. The first-order valence-electron chi connectivity index (χ1n) is 8.81. The number of rotatable bonds is 2. The van der Waals surface area contributed by atoms with Gasteiger partial charge in [0.25, 0.3) is 0 Å². The van der Waals surface area contributed by atoms with Crippen LogP contribution in [0.5, 0.6) is 0 Å². The molecule has 3 heteroatoms. The molecule has 2 bridgehead atoms. The highest BCUT2D eigenvalue weighted by molar-refractivity contribution is 5.80. The molecule has 22 heavy (non-hydrogen) atoms. The van der Waals surface area contributed by atoms with Crippen LogP contribution in [0.25, 0.3) is 0 Å². The second-order valence-electron chi connectivity index (χ2n) is 8.62. The van der Waals surface area contributed by atoms with E-state index in [1.807, 2.05) is 6.92 Å². The lowest BCUT2D eigenvalue weighted by Crippen LogP contribution is -2.40. The van der Waals surface area contributed by atoms with Crippen LogP contribution in [0.15, 0.2) is 10.5 Å². The zero-order valence-corrected chi connectivity index (χ0v) is 13.9. The Morgan fingerprint density at radius 2 is 2.14 bits per heavy atom. The molecule has 0 aliphatic heterocycles. The molecular formula is C19H27NO2. The van der Waals surface area contributed by atoms with E-state index in [4.69, 9.17) is 4.42 Å². The SMILES string of the molecule is Cc1cc2c(o1)CC(C)(C)C[C@H]2NC(=O)[C@@H]1C[C@H]2CC[C@H]1C2. The molecule has 0 aromatic carbocycles. The summed E-state index contributed by atoms with van der Waals surface area (Å²) in [5.74, 6) is 4.05. The highest BCUT2D eigenvalue weighted by Gasteiger charge is 2.44. The van der Waals surface area contributed by atoms with Gasteiger partial charge in [-0.05, 0) is 55.9 Å². The standard InChI is InChI=1S/C19H27NO2/c1-11-6-15-16(9-19(2,3)10-17(15)22-11)20-18(21)14-8-12-4-5-13(14)7-12/h6,12-14,16H,4-5,7-10H2,1-3H3,(H,20,21)/t12-,13-,14+,16+/m0/s1. The molecule has 1 heterocycles. The van der Waals surface area contributed by atoms with Gasteiger partial charge in [-0.2, -0.15) is 0 Å². The van der Waals surface area contributed by atoms with Crippen molar-refractivity contribution in [1.29, 1.82) is 0 Å². The first-order valence-corrected chi connectivity index (χ1v) is 8.81. The fourth-order valence-corrected chi connectivity index (χ4v) is 5.16. The Kier molecular flexibility index (Phi) is 3.18. The van der Waals surface area contributed by atoms with Gasteiger partial charge < -0.3 is 9.73 Å². The number of carbonyl (C=O) groups excluding carboxylic acids is 1. The minimum atomic E-state index is 0.128. The Labute approximate surface area is 132 Å². The van der Waals surface area contributed by atoms with E-state index in [0.29, 0.717) is 11.8 Å². The van der Waals surface area contributed by atoms with Gasteiger partial charge >= 0.3 is 0 Å². The van der Waals surface area contributed by atoms with E-state index in [1.54, 1.807) is 0 Å². The Morgan fingerprint density at radius 1 is 1.32 bits per heavy atom. The molecule has 3 aliphatic carbocycles. The van der Waals surface area contributed by atoms with Crippen LogP contribution in [-0.4, -0.2) is 5.91 Å². The molecule has 1 aromatic rings. The monoisotopic (exact) mass is 301 g/mol. The highest BCUT2D eigenvalue weighted by Crippen LogP contribution is 2.49. The summed E-state index contributed by atoms with van der Waals surface area (Å²) in [5.41, 5.74) is 1.40. The maximum atomic E-state index is 12.8. The molecule has 0 unspecified atom stereocenters. The van der Waals surface area contributed by atoms with E-state index in [2.05, 4.69) is 25.2 Å². The van der Waals surface area contributed by atoms with Gasteiger partial charge in [0.1, 0.15) is 11.5 Å². The van der Waals surface area contributed by atoms with Gasteiger partial charge in [-0.1, -0.05) is 20.3 Å². The van der Waals surface area contributed by atoms with E-state index in [9.17, 15) is 4.79 Å². The second-order valence-corrected chi connectivity index (χ2v) is 8.62. The Balaban J connectivity index is 1.53. The summed E-state index contributed by atoms with van der Waals surface area (Å²) >= 11 is 0. The van der Waals surface area contributed by atoms with Crippen LogP contribution < -0.4 is 5.32 Å². The van der Waals surface area contributed by atoms with E-state index in [0.717, 1.165) is 36.7 Å². The van der Waals surface area contributed by atoms with Crippen molar-refractivity contribution in [2.24, 2.45) is 23.2 Å². The molecule has 2 fully saturated rings. The Morgan fingerprint density at radius 3 is 2.82 bits per heavy atom. The van der Waals surface area contributed by atoms with Crippen molar-refractivity contribution in [1.82, 2.24) is 5.32 Å². The predicted molar refractivity (Wildman–Crippen MR) is 85.4 cm³/mol. The number of furan rings is 1. The van der Waals surface area contributed by atoms with Gasteiger partial charge in [-0.15, -0.1) is 0 Å². The summed E-state index contributed by atoms with van der Waals surface area (Å²) in [6.45, 7) is 6.54. The van der Waals surface area contributed by atoms with Crippen molar-refractivity contribution in [2.75, 3.05) is 0 Å². The van der Waals surface area contributed by atoms with E-state index < -0.39 is 0 Å². The molecule has 4 rings (SSSR count). The van der Waals surface area contributed by atoms with Crippen molar-refractivity contribution in [3.8, 4) is 0 Å². The number of amides is 1. The maximum absolute atomic E-state index is 12.8. The molecular weight excluding hydrogens is 274 g/mol. The first kappa shape index (κ1) is 14.3. The molecule has 0 saturated heterocycles. The largest absolute Gasteiger partial charge is 0.466 e. The molecule has 3 nitrogen and oxygen atoms in total. The van der Waals surface area contributed by atoms with Crippen LogP contribution in [0.4, 0.5) is 0 Å². The summed E-state index contributed by atoms with van der Waals surface area (Å²) in [6.07, 6.45) is 6.97. The van der Waals surface area contributed by atoms with Crippen molar-refractivity contribution in [3.05, 3.63) is 23.2 Å². The zero-order chi connectivity index (χ0) is 15.5. The zero-order valence-electron chi connectivity index (χ0n) is 13.9. The smallest absolute Gasteiger partial charge is 0.223 e. The minimum Gasteiger partial charge on any atom is -0.466 e. The molecule has 120 valence electrons. The molecule has 2 saturated carbocycles. The lowest BCUT2D eigenvalue weighted by molar-refractivity contribution is -0.127. The average Bonchev–Trinajstić information content (AvgIpc) is 3.11. The van der Waals surface area contributed by atoms with Gasteiger partial charge in [0.15, 0.2) is 0 Å². The van der Waals surface area contributed by atoms with Crippen LogP contribution in [0.2, 0.25) is 0 Å². The number of aryl methyl sites for hydroxylation is 1. The normalized spacial score (nSPS) is 35.4. The number of fused-ring (bicyclic) bond motifs is 3.